The molecule has 1 N–H and O–H groups in total. The van der Waals surface area contributed by atoms with Crippen LogP contribution in [0.25, 0.3) is 0 Å². The van der Waals surface area contributed by atoms with Crippen LogP contribution in [0.4, 0.5) is 0 Å². The number of ketones is 1. The standard InChI is InChI=1S/C17H24ClNO2/c1-12(2)4-5-13(3)19-17(21)11-10-16(20)14-6-8-15(18)9-7-14/h6-9,12-13H,4-5,10-11H2,1-3H3,(H,19,21). The van der Waals surface area contributed by atoms with Crippen LogP contribution in [0.5, 0.6) is 0 Å². The molecule has 1 aromatic rings. The Morgan fingerprint density at radius 2 is 1.67 bits per heavy atom. The number of carbonyl (C=O) groups excluding carboxylic acids is 2. The first-order valence-corrected chi connectivity index (χ1v) is 7.84. The van der Waals surface area contributed by atoms with Gasteiger partial charge in [0.15, 0.2) is 5.78 Å². The number of amides is 1. The Labute approximate surface area is 132 Å². The molecule has 3 nitrogen and oxygen atoms in total. The van der Waals surface area contributed by atoms with E-state index in [1.807, 2.05) is 6.92 Å². The zero-order valence-electron chi connectivity index (χ0n) is 13.0. The molecule has 1 unspecified atom stereocenters. The van der Waals surface area contributed by atoms with E-state index in [-0.39, 0.29) is 30.6 Å². The lowest BCUT2D eigenvalue weighted by atomic mass is 10.0. The molecule has 0 aliphatic heterocycles. The molecule has 1 rings (SSSR count). The summed E-state index contributed by atoms with van der Waals surface area (Å²) in [5.41, 5.74) is 0.597. The first kappa shape index (κ1) is 17.7. The maximum absolute atomic E-state index is 11.9. The van der Waals surface area contributed by atoms with Gasteiger partial charge in [0.25, 0.3) is 0 Å². The van der Waals surface area contributed by atoms with Crippen molar-refractivity contribution in [1.29, 1.82) is 0 Å². The van der Waals surface area contributed by atoms with Gasteiger partial charge in [-0.25, -0.2) is 0 Å². The SMILES string of the molecule is CC(C)CCC(C)NC(=O)CCC(=O)c1ccc(Cl)cc1. The smallest absolute Gasteiger partial charge is 0.220 e. The van der Waals surface area contributed by atoms with E-state index < -0.39 is 0 Å². The topological polar surface area (TPSA) is 46.2 Å². The normalized spacial score (nSPS) is 12.2. The molecule has 116 valence electrons. The summed E-state index contributed by atoms with van der Waals surface area (Å²) in [6.45, 7) is 6.33. The molecule has 4 heteroatoms. The van der Waals surface area contributed by atoms with Crippen LogP contribution in [0, 0.1) is 5.92 Å². The number of carbonyl (C=O) groups is 2. The minimum absolute atomic E-state index is 0.0309. The highest BCUT2D eigenvalue weighted by Crippen LogP contribution is 2.12. The first-order chi connectivity index (χ1) is 9.88. The molecule has 0 saturated carbocycles. The van der Waals surface area contributed by atoms with Gasteiger partial charge in [-0.2, -0.15) is 0 Å². The average molecular weight is 310 g/mol. The van der Waals surface area contributed by atoms with Gasteiger partial charge < -0.3 is 5.32 Å². The number of hydrogen-bond donors (Lipinski definition) is 1. The number of hydrogen-bond acceptors (Lipinski definition) is 2. The van der Waals surface area contributed by atoms with E-state index >= 15 is 0 Å². The molecular weight excluding hydrogens is 286 g/mol. The molecule has 1 amide bonds. The molecule has 0 spiro atoms. The van der Waals surface area contributed by atoms with E-state index in [4.69, 9.17) is 11.6 Å². The Balaban J connectivity index is 2.32. The lowest BCUT2D eigenvalue weighted by Crippen LogP contribution is -2.32. The van der Waals surface area contributed by atoms with Crippen LogP contribution in [0.2, 0.25) is 5.02 Å². The van der Waals surface area contributed by atoms with Gasteiger partial charge in [-0.1, -0.05) is 25.4 Å². The fraction of sp³-hybridized carbons (Fsp3) is 0.529. The van der Waals surface area contributed by atoms with Crippen LogP contribution in [0.3, 0.4) is 0 Å². The lowest BCUT2D eigenvalue weighted by molar-refractivity contribution is -0.121. The minimum atomic E-state index is -0.0615. The third-order valence-corrected chi connectivity index (χ3v) is 3.58. The predicted octanol–water partition coefficient (Wildman–Crippen LogP) is 4.24. The number of benzene rings is 1. The maximum atomic E-state index is 11.9. The van der Waals surface area contributed by atoms with Crippen LogP contribution >= 0.6 is 11.6 Å². The Morgan fingerprint density at radius 3 is 2.24 bits per heavy atom. The largest absolute Gasteiger partial charge is 0.354 e. The molecule has 21 heavy (non-hydrogen) atoms. The molecule has 0 aromatic heterocycles. The predicted molar refractivity (Wildman–Crippen MR) is 86.7 cm³/mol. The fourth-order valence-corrected chi connectivity index (χ4v) is 2.14. The molecule has 1 aromatic carbocycles. The fourth-order valence-electron chi connectivity index (χ4n) is 2.01. The molecular formula is C17H24ClNO2. The van der Waals surface area contributed by atoms with Crippen molar-refractivity contribution in [1.82, 2.24) is 5.32 Å². The van der Waals surface area contributed by atoms with E-state index in [0.29, 0.717) is 16.5 Å². The summed E-state index contributed by atoms with van der Waals surface area (Å²) in [7, 11) is 0. The van der Waals surface area contributed by atoms with Crippen molar-refractivity contribution in [3.05, 3.63) is 34.9 Å². The van der Waals surface area contributed by atoms with Gasteiger partial charge in [0.2, 0.25) is 5.91 Å². The van der Waals surface area contributed by atoms with Gasteiger partial charge in [0, 0.05) is 29.5 Å². The number of Topliss-reactive ketones (excluding diaryl/α,β-unsaturated/α-hetero) is 1. The van der Waals surface area contributed by atoms with Crippen LogP contribution < -0.4 is 5.32 Å². The molecule has 1 atom stereocenters. The van der Waals surface area contributed by atoms with Crippen LogP contribution in [-0.2, 0) is 4.79 Å². The van der Waals surface area contributed by atoms with Crippen LogP contribution in [0.15, 0.2) is 24.3 Å². The highest BCUT2D eigenvalue weighted by molar-refractivity contribution is 6.30. The Hall–Kier alpha value is -1.35. The quantitative estimate of drug-likeness (QED) is 0.730. The molecule has 0 saturated heterocycles. The Kier molecular flexibility index (Phi) is 7.44. The molecule has 0 heterocycles. The summed E-state index contributed by atoms with van der Waals surface area (Å²) in [5.74, 6) is 0.543. The molecule has 0 aliphatic rings. The van der Waals surface area contributed by atoms with Crippen molar-refractivity contribution >= 4 is 23.3 Å². The average Bonchev–Trinajstić information content (AvgIpc) is 2.43. The third-order valence-electron chi connectivity index (χ3n) is 3.33. The highest BCUT2D eigenvalue weighted by atomic mass is 35.5. The first-order valence-electron chi connectivity index (χ1n) is 7.46. The van der Waals surface area contributed by atoms with Crippen molar-refractivity contribution < 1.29 is 9.59 Å². The van der Waals surface area contributed by atoms with Gasteiger partial charge in [-0.05, 0) is 49.9 Å². The van der Waals surface area contributed by atoms with Crippen molar-refractivity contribution in [2.24, 2.45) is 5.92 Å². The van der Waals surface area contributed by atoms with Crippen LogP contribution in [0.1, 0.15) is 56.8 Å². The second-order valence-electron chi connectivity index (χ2n) is 5.87. The summed E-state index contributed by atoms with van der Waals surface area (Å²) >= 11 is 5.78. The summed E-state index contributed by atoms with van der Waals surface area (Å²) < 4.78 is 0. The van der Waals surface area contributed by atoms with Crippen molar-refractivity contribution in [3.63, 3.8) is 0 Å². The van der Waals surface area contributed by atoms with Gasteiger partial charge in [-0.15, -0.1) is 0 Å². The summed E-state index contributed by atoms with van der Waals surface area (Å²) in [5, 5.41) is 3.54. The number of rotatable bonds is 8. The minimum Gasteiger partial charge on any atom is -0.354 e. The molecule has 0 radical (unpaired) electrons. The Bertz CT molecular complexity index is 468. The van der Waals surface area contributed by atoms with E-state index in [1.54, 1.807) is 24.3 Å². The van der Waals surface area contributed by atoms with Crippen molar-refractivity contribution in [2.75, 3.05) is 0 Å². The summed E-state index contributed by atoms with van der Waals surface area (Å²) in [6, 6.07) is 6.90. The lowest BCUT2D eigenvalue weighted by Gasteiger charge is -2.14. The van der Waals surface area contributed by atoms with E-state index in [2.05, 4.69) is 19.2 Å². The van der Waals surface area contributed by atoms with Gasteiger partial charge in [0.05, 0.1) is 0 Å². The zero-order chi connectivity index (χ0) is 15.8. The van der Waals surface area contributed by atoms with E-state index in [9.17, 15) is 9.59 Å². The molecule has 0 aliphatic carbocycles. The second-order valence-corrected chi connectivity index (χ2v) is 6.31. The summed E-state index contributed by atoms with van der Waals surface area (Å²) in [4.78, 5) is 23.7. The van der Waals surface area contributed by atoms with Gasteiger partial charge in [-0.3, -0.25) is 9.59 Å². The van der Waals surface area contributed by atoms with Crippen molar-refractivity contribution in [2.45, 2.75) is 52.5 Å². The number of nitrogens with one attached hydrogen (secondary N) is 1. The summed E-state index contributed by atoms with van der Waals surface area (Å²) in [6.07, 6.45) is 2.51. The van der Waals surface area contributed by atoms with E-state index in [1.165, 1.54) is 0 Å². The molecule has 0 fully saturated rings. The molecule has 0 bridgehead atoms. The zero-order valence-corrected chi connectivity index (χ0v) is 13.7. The van der Waals surface area contributed by atoms with Gasteiger partial charge >= 0.3 is 0 Å². The third kappa shape index (κ3) is 7.28. The monoisotopic (exact) mass is 309 g/mol. The van der Waals surface area contributed by atoms with E-state index in [0.717, 1.165) is 12.8 Å². The maximum Gasteiger partial charge on any atom is 0.220 e. The number of halogens is 1. The van der Waals surface area contributed by atoms with Crippen molar-refractivity contribution in [3.8, 4) is 0 Å². The van der Waals surface area contributed by atoms with Gasteiger partial charge in [0.1, 0.15) is 0 Å². The van der Waals surface area contributed by atoms with Crippen LogP contribution in [-0.4, -0.2) is 17.7 Å². The Morgan fingerprint density at radius 1 is 1.05 bits per heavy atom. The second kappa shape index (κ2) is 8.83. The highest BCUT2D eigenvalue weighted by Gasteiger charge is 2.11.